The molecule has 0 aliphatic heterocycles. The number of ether oxygens (including phenoxy) is 1. The zero-order valence-electron chi connectivity index (χ0n) is 10.7. The van der Waals surface area contributed by atoms with Crippen molar-refractivity contribution in [3.05, 3.63) is 35.9 Å². The van der Waals surface area contributed by atoms with Crippen LogP contribution in [-0.4, -0.2) is 44.0 Å². The molecule has 2 amide bonds. The van der Waals surface area contributed by atoms with Crippen LogP contribution in [-0.2, 0) is 20.9 Å². The molecule has 0 aliphatic rings. The van der Waals surface area contributed by atoms with Gasteiger partial charge in [0.15, 0.2) is 0 Å². The average Bonchev–Trinajstić information content (AvgIpc) is 2.39. The molecule has 0 spiro atoms. The third-order valence-corrected chi connectivity index (χ3v) is 2.40. The van der Waals surface area contributed by atoms with E-state index in [2.05, 4.69) is 5.32 Å². The van der Waals surface area contributed by atoms with Gasteiger partial charge in [-0.15, -0.1) is 0 Å². The molecular weight excluding hydrogens is 232 g/mol. The molecule has 5 heteroatoms. The van der Waals surface area contributed by atoms with Crippen molar-refractivity contribution >= 4 is 11.8 Å². The zero-order chi connectivity index (χ0) is 13.4. The van der Waals surface area contributed by atoms with Gasteiger partial charge in [-0.3, -0.25) is 9.59 Å². The van der Waals surface area contributed by atoms with E-state index in [1.165, 1.54) is 12.0 Å². The second-order valence-electron chi connectivity index (χ2n) is 3.90. The molecule has 0 aliphatic carbocycles. The Balaban J connectivity index is 2.43. The quantitative estimate of drug-likeness (QED) is 0.608. The molecule has 1 aromatic carbocycles. The summed E-state index contributed by atoms with van der Waals surface area (Å²) in [6.45, 7) is 1.14. The Labute approximate surface area is 107 Å². The average molecular weight is 250 g/mol. The summed E-state index contributed by atoms with van der Waals surface area (Å²) in [5.74, 6) is -1.15. The normalized spacial score (nSPS) is 9.89. The number of rotatable bonds is 5. The fourth-order valence-corrected chi connectivity index (χ4v) is 1.44. The molecule has 5 nitrogen and oxygen atoms in total. The number of likely N-dealkylation sites (N-methyl/N-ethyl adjacent to an activating group) is 1. The molecule has 0 radical (unpaired) electrons. The highest BCUT2D eigenvalue weighted by Gasteiger charge is 2.17. The molecule has 98 valence electrons. The van der Waals surface area contributed by atoms with Gasteiger partial charge in [0.25, 0.3) is 0 Å². The van der Waals surface area contributed by atoms with E-state index in [4.69, 9.17) is 4.74 Å². The van der Waals surface area contributed by atoms with E-state index in [1.807, 2.05) is 30.3 Å². The first-order chi connectivity index (χ1) is 8.65. The van der Waals surface area contributed by atoms with E-state index in [0.29, 0.717) is 19.7 Å². The van der Waals surface area contributed by atoms with E-state index in [-0.39, 0.29) is 0 Å². The second kappa shape index (κ2) is 7.45. The maximum absolute atomic E-state index is 11.7. The van der Waals surface area contributed by atoms with Crippen LogP contribution in [0.25, 0.3) is 0 Å². The fourth-order valence-electron chi connectivity index (χ4n) is 1.44. The predicted octanol–water partition coefficient (Wildman–Crippen LogP) is 0.408. The minimum absolute atomic E-state index is 0.334. The van der Waals surface area contributed by atoms with Crippen LogP contribution >= 0.6 is 0 Å². The number of carbonyl (C=O) groups excluding carboxylic acids is 2. The Morgan fingerprint density at radius 1 is 1.28 bits per heavy atom. The van der Waals surface area contributed by atoms with Gasteiger partial charge in [0.1, 0.15) is 0 Å². The molecule has 1 N–H and O–H groups in total. The highest BCUT2D eigenvalue weighted by Crippen LogP contribution is 2.02. The van der Waals surface area contributed by atoms with E-state index in [1.54, 1.807) is 7.05 Å². The Kier molecular flexibility index (Phi) is 5.87. The van der Waals surface area contributed by atoms with Crippen molar-refractivity contribution in [3.8, 4) is 0 Å². The number of benzene rings is 1. The second-order valence-corrected chi connectivity index (χ2v) is 3.90. The third-order valence-electron chi connectivity index (χ3n) is 2.40. The Hall–Kier alpha value is -1.88. The summed E-state index contributed by atoms with van der Waals surface area (Å²) < 4.78 is 4.79. The summed E-state index contributed by atoms with van der Waals surface area (Å²) in [5, 5.41) is 2.49. The van der Waals surface area contributed by atoms with Gasteiger partial charge in [0.05, 0.1) is 6.61 Å². The van der Waals surface area contributed by atoms with Crippen LogP contribution in [0, 0.1) is 0 Å². The van der Waals surface area contributed by atoms with Gasteiger partial charge in [0.2, 0.25) is 0 Å². The van der Waals surface area contributed by atoms with Gasteiger partial charge < -0.3 is 15.0 Å². The van der Waals surface area contributed by atoms with Gasteiger partial charge >= 0.3 is 11.8 Å². The summed E-state index contributed by atoms with van der Waals surface area (Å²) in [7, 11) is 3.14. The van der Waals surface area contributed by atoms with Crippen LogP contribution in [0.1, 0.15) is 5.56 Å². The van der Waals surface area contributed by atoms with Crippen LogP contribution in [0.5, 0.6) is 0 Å². The first-order valence-electron chi connectivity index (χ1n) is 5.71. The van der Waals surface area contributed by atoms with Crippen molar-refractivity contribution in [2.24, 2.45) is 0 Å². The molecule has 0 saturated heterocycles. The van der Waals surface area contributed by atoms with E-state index < -0.39 is 11.8 Å². The van der Waals surface area contributed by atoms with E-state index in [9.17, 15) is 9.59 Å². The molecule has 0 saturated carbocycles. The minimum atomic E-state index is -0.606. The van der Waals surface area contributed by atoms with Crippen molar-refractivity contribution < 1.29 is 14.3 Å². The summed E-state index contributed by atoms with van der Waals surface area (Å²) >= 11 is 0. The molecule has 18 heavy (non-hydrogen) atoms. The van der Waals surface area contributed by atoms with Crippen LogP contribution in [0.2, 0.25) is 0 Å². The van der Waals surface area contributed by atoms with Gasteiger partial charge in [-0.25, -0.2) is 0 Å². The predicted molar refractivity (Wildman–Crippen MR) is 67.8 cm³/mol. The Morgan fingerprint density at radius 3 is 2.56 bits per heavy atom. The Morgan fingerprint density at radius 2 is 1.94 bits per heavy atom. The maximum Gasteiger partial charge on any atom is 0.311 e. The van der Waals surface area contributed by atoms with Gasteiger partial charge in [0, 0.05) is 27.2 Å². The number of methoxy groups -OCH3 is 1. The number of nitrogens with one attached hydrogen (secondary N) is 1. The first kappa shape index (κ1) is 14.2. The van der Waals surface area contributed by atoms with Gasteiger partial charge in [-0.1, -0.05) is 30.3 Å². The molecule has 1 rings (SSSR count). The molecule has 0 bridgehead atoms. The molecule has 0 unspecified atom stereocenters. The number of carbonyl (C=O) groups is 2. The highest BCUT2D eigenvalue weighted by atomic mass is 16.5. The molecule has 0 aromatic heterocycles. The van der Waals surface area contributed by atoms with Crippen molar-refractivity contribution in [2.45, 2.75) is 6.54 Å². The number of hydrogen-bond acceptors (Lipinski definition) is 3. The number of nitrogens with zero attached hydrogens (tertiary/aromatic N) is 1. The van der Waals surface area contributed by atoms with Crippen LogP contribution in [0.4, 0.5) is 0 Å². The lowest BCUT2D eigenvalue weighted by molar-refractivity contribution is -0.145. The third kappa shape index (κ3) is 4.55. The van der Waals surface area contributed by atoms with Gasteiger partial charge in [-0.05, 0) is 5.56 Å². The number of hydrogen-bond donors (Lipinski definition) is 1. The summed E-state index contributed by atoms with van der Waals surface area (Å²) in [6.07, 6.45) is 0. The van der Waals surface area contributed by atoms with Crippen LogP contribution < -0.4 is 5.32 Å². The zero-order valence-corrected chi connectivity index (χ0v) is 10.7. The molecule has 0 heterocycles. The summed E-state index contributed by atoms with van der Waals surface area (Å²) in [4.78, 5) is 24.6. The smallest absolute Gasteiger partial charge is 0.311 e. The SMILES string of the molecule is COCCNC(=O)C(=O)N(C)Cc1ccccc1. The van der Waals surface area contributed by atoms with E-state index >= 15 is 0 Å². The molecular formula is C13H18N2O3. The summed E-state index contributed by atoms with van der Waals surface area (Å²) in [5.41, 5.74) is 0.984. The lowest BCUT2D eigenvalue weighted by Gasteiger charge is -2.16. The Bertz CT molecular complexity index is 392. The molecule has 0 atom stereocenters. The first-order valence-corrected chi connectivity index (χ1v) is 5.71. The molecule has 1 aromatic rings. The van der Waals surface area contributed by atoms with Crippen molar-refractivity contribution in [1.29, 1.82) is 0 Å². The lowest BCUT2D eigenvalue weighted by Crippen LogP contribution is -2.41. The highest BCUT2D eigenvalue weighted by molar-refractivity contribution is 6.34. The fraction of sp³-hybridized carbons (Fsp3) is 0.385. The topological polar surface area (TPSA) is 58.6 Å². The lowest BCUT2D eigenvalue weighted by atomic mass is 10.2. The summed E-state index contributed by atoms with van der Waals surface area (Å²) in [6, 6.07) is 9.51. The molecule has 0 fully saturated rings. The van der Waals surface area contributed by atoms with Crippen molar-refractivity contribution in [3.63, 3.8) is 0 Å². The van der Waals surface area contributed by atoms with Crippen LogP contribution in [0.15, 0.2) is 30.3 Å². The van der Waals surface area contributed by atoms with Crippen LogP contribution in [0.3, 0.4) is 0 Å². The largest absolute Gasteiger partial charge is 0.383 e. The van der Waals surface area contributed by atoms with Gasteiger partial charge in [-0.2, -0.15) is 0 Å². The van der Waals surface area contributed by atoms with E-state index in [0.717, 1.165) is 5.56 Å². The van der Waals surface area contributed by atoms with Crippen molar-refractivity contribution in [2.75, 3.05) is 27.3 Å². The van der Waals surface area contributed by atoms with Crippen molar-refractivity contribution in [1.82, 2.24) is 10.2 Å². The monoisotopic (exact) mass is 250 g/mol. The maximum atomic E-state index is 11.7. The number of amides is 2. The minimum Gasteiger partial charge on any atom is -0.383 e. The standard InChI is InChI=1S/C13H18N2O3/c1-15(10-11-6-4-3-5-7-11)13(17)12(16)14-8-9-18-2/h3-7H,8-10H2,1-2H3,(H,14,16).